The third kappa shape index (κ3) is 2.90. The summed E-state index contributed by atoms with van der Waals surface area (Å²) >= 11 is 0. The van der Waals surface area contributed by atoms with Gasteiger partial charge in [0.05, 0.1) is 0 Å². The molecule has 6 heteroatoms. The van der Waals surface area contributed by atoms with Gasteiger partial charge in [-0.3, -0.25) is 9.78 Å². The molecule has 1 unspecified atom stereocenters. The Kier molecular flexibility index (Phi) is 4.00. The summed E-state index contributed by atoms with van der Waals surface area (Å²) in [5.74, 6) is 1.47. The molecule has 22 heavy (non-hydrogen) atoms. The Hall–Kier alpha value is -2.50. The first-order valence-corrected chi connectivity index (χ1v) is 7.47. The molecule has 6 nitrogen and oxygen atoms in total. The van der Waals surface area contributed by atoms with E-state index in [-0.39, 0.29) is 11.9 Å². The molecule has 1 saturated heterocycles. The summed E-state index contributed by atoms with van der Waals surface area (Å²) in [6.45, 7) is 2.83. The third-order valence-electron chi connectivity index (χ3n) is 3.83. The van der Waals surface area contributed by atoms with Gasteiger partial charge in [0.25, 0.3) is 0 Å². The Morgan fingerprint density at radius 1 is 1.32 bits per heavy atom. The zero-order valence-electron chi connectivity index (χ0n) is 12.8. The van der Waals surface area contributed by atoms with Gasteiger partial charge in [0.2, 0.25) is 5.91 Å². The van der Waals surface area contributed by atoms with Crippen LogP contribution >= 0.6 is 0 Å². The standard InChI is InChI=1S/C16H19N5O/c1-3-12-10-14(19-13-6-9-21(2)16(13)22)20-15(18-12)11-4-7-17-8-5-11/h4-5,7-8,10,13H,3,6,9H2,1-2H3,(H,18,19,20). The summed E-state index contributed by atoms with van der Waals surface area (Å²) in [6.07, 6.45) is 5.05. The van der Waals surface area contributed by atoms with Gasteiger partial charge in [-0.1, -0.05) is 6.92 Å². The maximum absolute atomic E-state index is 12.0. The molecule has 3 heterocycles. The van der Waals surface area contributed by atoms with Crippen LogP contribution in [0.5, 0.6) is 0 Å². The average molecular weight is 297 g/mol. The van der Waals surface area contributed by atoms with Crippen molar-refractivity contribution in [1.82, 2.24) is 19.9 Å². The number of aryl methyl sites for hydroxylation is 1. The lowest BCUT2D eigenvalue weighted by Gasteiger charge is -2.14. The van der Waals surface area contributed by atoms with Crippen LogP contribution in [0.25, 0.3) is 11.4 Å². The molecule has 0 aliphatic carbocycles. The van der Waals surface area contributed by atoms with E-state index in [9.17, 15) is 4.79 Å². The van der Waals surface area contributed by atoms with Gasteiger partial charge >= 0.3 is 0 Å². The van der Waals surface area contributed by atoms with Crippen molar-refractivity contribution in [2.75, 3.05) is 18.9 Å². The number of aromatic nitrogens is 3. The van der Waals surface area contributed by atoms with E-state index >= 15 is 0 Å². The molecule has 1 aliphatic rings. The fourth-order valence-electron chi connectivity index (χ4n) is 2.52. The highest BCUT2D eigenvalue weighted by Crippen LogP contribution is 2.20. The highest BCUT2D eigenvalue weighted by molar-refractivity contribution is 5.86. The zero-order chi connectivity index (χ0) is 15.5. The lowest BCUT2D eigenvalue weighted by molar-refractivity contribution is -0.127. The van der Waals surface area contributed by atoms with Crippen LogP contribution in [0.2, 0.25) is 0 Å². The molecule has 1 N–H and O–H groups in total. The quantitative estimate of drug-likeness (QED) is 0.931. The van der Waals surface area contributed by atoms with E-state index in [2.05, 4.69) is 27.2 Å². The van der Waals surface area contributed by atoms with Crippen molar-refractivity contribution in [1.29, 1.82) is 0 Å². The molecule has 2 aromatic heterocycles. The molecule has 0 bridgehead atoms. The number of nitrogens with one attached hydrogen (secondary N) is 1. The van der Waals surface area contributed by atoms with Crippen LogP contribution in [0, 0.1) is 0 Å². The summed E-state index contributed by atoms with van der Waals surface area (Å²) in [6, 6.07) is 5.48. The maximum Gasteiger partial charge on any atom is 0.244 e. The van der Waals surface area contributed by atoms with Gasteiger partial charge in [-0.05, 0) is 25.0 Å². The normalized spacial score (nSPS) is 17.8. The number of likely N-dealkylation sites (tertiary alicyclic amines) is 1. The van der Waals surface area contributed by atoms with Gasteiger partial charge in [-0.15, -0.1) is 0 Å². The maximum atomic E-state index is 12.0. The van der Waals surface area contributed by atoms with Gasteiger partial charge in [0.15, 0.2) is 5.82 Å². The fourth-order valence-corrected chi connectivity index (χ4v) is 2.52. The van der Waals surface area contributed by atoms with Crippen molar-refractivity contribution in [3.63, 3.8) is 0 Å². The van der Waals surface area contributed by atoms with Crippen LogP contribution in [0.15, 0.2) is 30.6 Å². The van der Waals surface area contributed by atoms with Crippen LogP contribution in [-0.4, -0.2) is 45.4 Å². The topological polar surface area (TPSA) is 71.0 Å². The van der Waals surface area contributed by atoms with E-state index in [0.29, 0.717) is 11.6 Å². The van der Waals surface area contributed by atoms with Crippen molar-refractivity contribution in [2.45, 2.75) is 25.8 Å². The van der Waals surface area contributed by atoms with E-state index in [4.69, 9.17) is 0 Å². The first-order valence-electron chi connectivity index (χ1n) is 7.47. The SMILES string of the molecule is CCc1cc(NC2CCN(C)C2=O)nc(-c2ccncc2)n1. The fraction of sp³-hybridized carbons (Fsp3) is 0.375. The Morgan fingerprint density at radius 3 is 2.73 bits per heavy atom. The van der Waals surface area contributed by atoms with E-state index in [0.717, 1.165) is 30.6 Å². The minimum Gasteiger partial charge on any atom is -0.358 e. The summed E-state index contributed by atoms with van der Waals surface area (Å²) in [5.41, 5.74) is 1.87. The van der Waals surface area contributed by atoms with Crippen LogP contribution in [-0.2, 0) is 11.2 Å². The Labute approximate surface area is 129 Å². The number of carbonyl (C=O) groups excluding carboxylic acids is 1. The number of anilines is 1. The Morgan fingerprint density at radius 2 is 2.09 bits per heavy atom. The second-order valence-electron chi connectivity index (χ2n) is 5.40. The monoisotopic (exact) mass is 297 g/mol. The van der Waals surface area contributed by atoms with Crippen LogP contribution in [0.4, 0.5) is 5.82 Å². The van der Waals surface area contributed by atoms with Crippen molar-refractivity contribution < 1.29 is 4.79 Å². The summed E-state index contributed by atoms with van der Waals surface area (Å²) in [5, 5.41) is 3.25. The average Bonchev–Trinajstić information content (AvgIpc) is 2.87. The second kappa shape index (κ2) is 6.09. The largest absolute Gasteiger partial charge is 0.358 e. The minimum absolute atomic E-state index is 0.113. The Balaban J connectivity index is 1.90. The predicted octanol–water partition coefficient (Wildman–Crippen LogP) is 1.74. The summed E-state index contributed by atoms with van der Waals surface area (Å²) in [4.78, 5) is 26.9. The van der Waals surface area contributed by atoms with Crippen molar-refractivity contribution in [3.05, 3.63) is 36.3 Å². The minimum atomic E-state index is -0.199. The molecular formula is C16H19N5O. The van der Waals surface area contributed by atoms with Crippen LogP contribution < -0.4 is 5.32 Å². The number of rotatable bonds is 4. The molecule has 0 radical (unpaired) electrons. The lowest BCUT2D eigenvalue weighted by Crippen LogP contribution is -2.31. The highest BCUT2D eigenvalue weighted by atomic mass is 16.2. The van der Waals surface area contributed by atoms with Crippen molar-refractivity contribution in [3.8, 4) is 11.4 Å². The van der Waals surface area contributed by atoms with E-state index in [1.165, 1.54) is 0 Å². The highest BCUT2D eigenvalue weighted by Gasteiger charge is 2.29. The molecule has 1 aliphatic heterocycles. The Bertz CT molecular complexity index is 673. The van der Waals surface area contributed by atoms with E-state index in [1.54, 1.807) is 17.3 Å². The zero-order valence-corrected chi connectivity index (χ0v) is 12.8. The molecule has 0 aromatic carbocycles. The van der Waals surface area contributed by atoms with Crippen LogP contribution in [0.3, 0.4) is 0 Å². The van der Waals surface area contributed by atoms with E-state index < -0.39 is 0 Å². The number of pyridine rings is 1. The van der Waals surface area contributed by atoms with E-state index in [1.807, 2.05) is 25.2 Å². The lowest BCUT2D eigenvalue weighted by atomic mass is 10.2. The number of likely N-dealkylation sites (N-methyl/N-ethyl adjacent to an activating group) is 1. The molecule has 1 fully saturated rings. The number of carbonyl (C=O) groups is 1. The molecule has 0 saturated carbocycles. The van der Waals surface area contributed by atoms with Gasteiger partial charge in [0, 0.05) is 43.3 Å². The second-order valence-corrected chi connectivity index (χ2v) is 5.40. The van der Waals surface area contributed by atoms with Crippen molar-refractivity contribution >= 4 is 11.7 Å². The van der Waals surface area contributed by atoms with Gasteiger partial charge in [-0.2, -0.15) is 0 Å². The molecule has 2 aromatic rings. The molecule has 3 rings (SSSR count). The molecule has 1 amide bonds. The van der Waals surface area contributed by atoms with Gasteiger partial charge in [0.1, 0.15) is 11.9 Å². The first-order chi connectivity index (χ1) is 10.7. The first kappa shape index (κ1) is 14.4. The number of nitrogens with zero attached hydrogens (tertiary/aromatic N) is 4. The molecule has 0 spiro atoms. The number of amides is 1. The van der Waals surface area contributed by atoms with Crippen molar-refractivity contribution in [2.24, 2.45) is 0 Å². The molecular weight excluding hydrogens is 278 g/mol. The number of hydrogen-bond acceptors (Lipinski definition) is 5. The smallest absolute Gasteiger partial charge is 0.244 e. The summed E-state index contributed by atoms with van der Waals surface area (Å²) in [7, 11) is 1.82. The number of hydrogen-bond donors (Lipinski definition) is 1. The molecule has 1 atom stereocenters. The summed E-state index contributed by atoms with van der Waals surface area (Å²) < 4.78 is 0. The van der Waals surface area contributed by atoms with Crippen LogP contribution in [0.1, 0.15) is 19.0 Å². The molecule has 114 valence electrons. The van der Waals surface area contributed by atoms with Gasteiger partial charge < -0.3 is 10.2 Å². The van der Waals surface area contributed by atoms with Gasteiger partial charge in [-0.25, -0.2) is 9.97 Å². The third-order valence-corrected chi connectivity index (χ3v) is 3.83. The predicted molar refractivity (Wildman–Crippen MR) is 84.3 cm³/mol.